The third kappa shape index (κ3) is 4.22. The minimum absolute atomic E-state index is 0.383. The van der Waals surface area contributed by atoms with Gasteiger partial charge >= 0.3 is 0 Å². The fourth-order valence-corrected chi connectivity index (χ4v) is 5.22. The molecule has 0 saturated carbocycles. The topological polar surface area (TPSA) is 79.0 Å². The van der Waals surface area contributed by atoms with Gasteiger partial charge in [-0.1, -0.05) is 45.7 Å². The average molecular weight is 555 g/mol. The number of imide groups is 1. The van der Waals surface area contributed by atoms with Crippen LogP contribution in [0.4, 0.5) is 5.69 Å². The summed E-state index contributed by atoms with van der Waals surface area (Å²) in [5.74, 6) is -1.43. The van der Waals surface area contributed by atoms with Crippen LogP contribution in [-0.2, 0) is 9.59 Å². The monoisotopic (exact) mass is 553 g/mol. The lowest BCUT2D eigenvalue weighted by Gasteiger charge is -2.25. The van der Waals surface area contributed by atoms with Crippen LogP contribution in [0.15, 0.2) is 77.3 Å². The van der Waals surface area contributed by atoms with Crippen LogP contribution in [0, 0.1) is 5.92 Å². The van der Waals surface area contributed by atoms with Gasteiger partial charge < -0.3 is 4.74 Å². The van der Waals surface area contributed by atoms with Crippen LogP contribution in [0.25, 0.3) is 0 Å². The Morgan fingerprint density at radius 3 is 2.46 bits per heavy atom. The van der Waals surface area contributed by atoms with Gasteiger partial charge in [-0.05, 0) is 67.1 Å². The molecule has 178 valence electrons. The molecule has 0 bridgehead atoms. The summed E-state index contributed by atoms with van der Waals surface area (Å²) in [6.07, 6.45) is 0. The van der Waals surface area contributed by atoms with Crippen molar-refractivity contribution in [1.29, 1.82) is 0 Å². The van der Waals surface area contributed by atoms with E-state index in [0.717, 1.165) is 9.37 Å². The molecule has 2 aliphatic rings. The first kappa shape index (κ1) is 23.5. The zero-order valence-electron chi connectivity index (χ0n) is 18.7. The molecule has 2 fully saturated rings. The number of anilines is 1. The summed E-state index contributed by atoms with van der Waals surface area (Å²) in [5.41, 5.74) is 4.66. The highest BCUT2D eigenvalue weighted by atomic mass is 79.9. The van der Waals surface area contributed by atoms with Crippen molar-refractivity contribution in [1.82, 2.24) is 10.4 Å². The number of rotatable bonds is 5. The first-order chi connectivity index (χ1) is 16.9. The molecule has 2 aliphatic heterocycles. The minimum atomic E-state index is -1.01. The largest absolute Gasteiger partial charge is 0.494 e. The molecule has 2 saturated heterocycles. The fraction of sp³-hybridized carbons (Fsp3) is 0.192. The van der Waals surface area contributed by atoms with Crippen molar-refractivity contribution in [3.63, 3.8) is 0 Å². The number of ether oxygens (including phenoxy) is 1. The second-order valence-corrected chi connectivity index (χ2v) is 9.61. The van der Waals surface area contributed by atoms with Gasteiger partial charge in [0.25, 0.3) is 11.8 Å². The van der Waals surface area contributed by atoms with E-state index in [-0.39, 0.29) is 5.91 Å². The SMILES string of the molecule is CCOc1ccc(N2C(=O)C3C(c4cccc(Cl)c4)NN(C(=O)c4cccc(Br)c4)C3C2=O)cc1. The molecule has 1 N–H and O–H groups in total. The van der Waals surface area contributed by atoms with Crippen molar-refractivity contribution in [2.45, 2.75) is 19.0 Å². The summed E-state index contributed by atoms with van der Waals surface area (Å²) < 4.78 is 6.21. The zero-order valence-corrected chi connectivity index (χ0v) is 21.0. The van der Waals surface area contributed by atoms with E-state index in [1.165, 1.54) is 5.01 Å². The van der Waals surface area contributed by atoms with Crippen LogP contribution in [-0.4, -0.2) is 35.4 Å². The van der Waals surface area contributed by atoms with Gasteiger partial charge in [-0.2, -0.15) is 0 Å². The van der Waals surface area contributed by atoms with Gasteiger partial charge in [0.05, 0.1) is 24.3 Å². The number of hydrogen-bond acceptors (Lipinski definition) is 5. The molecule has 3 atom stereocenters. The molecule has 2 heterocycles. The standard InChI is InChI=1S/C26H21BrClN3O4/c1-2-35-20-11-9-19(10-12-20)30-25(33)21-22(15-5-4-8-18(28)14-15)29-31(23(21)26(30)34)24(32)16-6-3-7-17(27)13-16/h3-14,21-23,29H,2H2,1H3. The smallest absolute Gasteiger partial charge is 0.268 e. The van der Waals surface area contributed by atoms with Crippen LogP contribution in [0.2, 0.25) is 5.02 Å². The number of amides is 3. The maximum atomic E-state index is 13.7. The van der Waals surface area contributed by atoms with E-state index in [1.807, 2.05) is 19.1 Å². The number of nitrogens with zero attached hydrogens (tertiary/aromatic N) is 2. The summed E-state index contributed by atoms with van der Waals surface area (Å²) in [4.78, 5) is 42.0. The molecule has 0 spiro atoms. The first-order valence-corrected chi connectivity index (χ1v) is 12.3. The molecule has 3 aromatic carbocycles. The number of hydrazine groups is 1. The Morgan fingerprint density at radius 1 is 1.03 bits per heavy atom. The average Bonchev–Trinajstić information content (AvgIpc) is 3.36. The highest BCUT2D eigenvalue weighted by Crippen LogP contribution is 2.43. The minimum Gasteiger partial charge on any atom is -0.494 e. The Hall–Kier alpha value is -3.20. The van der Waals surface area contributed by atoms with Crippen molar-refractivity contribution in [3.8, 4) is 5.75 Å². The third-order valence-corrected chi connectivity index (χ3v) is 6.87. The first-order valence-electron chi connectivity index (χ1n) is 11.1. The van der Waals surface area contributed by atoms with E-state index in [1.54, 1.807) is 60.7 Å². The van der Waals surface area contributed by atoms with Gasteiger partial charge in [-0.15, -0.1) is 0 Å². The van der Waals surface area contributed by atoms with E-state index in [4.69, 9.17) is 16.3 Å². The van der Waals surface area contributed by atoms with E-state index in [2.05, 4.69) is 21.4 Å². The Balaban J connectivity index is 1.55. The number of carbonyl (C=O) groups is 3. The number of hydrogen-bond donors (Lipinski definition) is 1. The molecule has 35 heavy (non-hydrogen) atoms. The molecule has 0 aromatic heterocycles. The van der Waals surface area contributed by atoms with E-state index >= 15 is 0 Å². The van der Waals surface area contributed by atoms with Gasteiger partial charge in [0.15, 0.2) is 0 Å². The van der Waals surface area contributed by atoms with Crippen LogP contribution < -0.4 is 15.1 Å². The number of benzene rings is 3. The lowest BCUT2D eigenvalue weighted by atomic mass is 9.91. The summed E-state index contributed by atoms with van der Waals surface area (Å²) in [5, 5.41) is 1.78. The molecular formula is C26H21BrClN3O4. The van der Waals surface area contributed by atoms with Gasteiger partial charge in [-0.3, -0.25) is 19.4 Å². The van der Waals surface area contributed by atoms with Crippen LogP contribution in [0.1, 0.15) is 28.9 Å². The van der Waals surface area contributed by atoms with Gasteiger partial charge in [0.1, 0.15) is 11.8 Å². The van der Waals surface area contributed by atoms with Crippen LogP contribution in [0.5, 0.6) is 5.75 Å². The normalized spacial score (nSPS) is 21.4. The van der Waals surface area contributed by atoms with Crippen molar-refractivity contribution < 1.29 is 19.1 Å². The zero-order chi connectivity index (χ0) is 24.7. The highest BCUT2D eigenvalue weighted by molar-refractivity contribution is 9.10. The Morgan fingerprint density at radius 2 is 1.77 bits per heavy atom. The van der Waals surface area contributed by atoms with Crippen molar-refractivity contribution >= 4 is 50.9 Å². The summed E-state index contributed by atoms with van der Waals surface area (Å²) in [6, 6.07) is 19.1. The molecule has 0 aliphatic carbocycles. The highest BCUT2D eigenvalue weighted by Gasteiger charge is 2.60. The number of halogens is 2. The van der Waals surface area contributed by atoms with E-state index in [0.29, 0.717) is 34.2 Å². The van der Waals surface area contributed by atoms with Gasteiger partial charge in [0, 0.05) is 15.1 Å². The Labute approximate surface area is 215 Å². The Kier molecular flexibility index (Phi) is 6.35. The number of carbonyl (C=O) groups excluding carboxylic acids is 3. The molecule has 7 nitrogen and oxygen atoms in total. The predicted molar refractivity (Wildman–Crippen MR) is 135 cm³/mol. The fourth-order valence-electron chi connectivity index (χ4n) is 4.63. The lowest BCUT2D eigenvalue weighted by molar-refractivity contribution is -0.123. The molecule has 3 aromatic rings. The lowest BCUT2D eigenvalue weighted by Crippen LogP contribution is -2.48. The van der Waals surface area contributed by atoms with Crippen molar-refractivity contribution in [2.24, 2.45) is 5.92 Å². The van der Waals surface area contributed by atoms with Crippen LogP contribution >= 0.6 is 27.5 Å². The third-order valence-electron chi connectivity index (χ3n) is 6.14. The Bertz CT molecular complexity index is 1320. The van der Waals surface area contributed by atoms with Gasteiger partial charge in [-0.25, -0.2) is 10.3 Å². The van der Waals surface area contributed by atoms with Gasteiger partial charge in [0.2, 0.25) is 5.91 Å². The van der Waals surface area contributed by atoms with Crippen LogP contribution in [0.3, 0.4) is 0 Å². The number of nitrogens with one attached hydrogen (secondary N) is 1. The molecule has 9 heteroatoms. The maximum absolute atomic E-state index is 13.7. The summed E-state index contributed by atoms with van der Waals surface area (Å²) >= 11 is 9.61. The van der Waals surface area contributed by atoms with E-state index in [9.17, 15) is 14.4 Å². The molecule has 0 radical (unpaired) electrons. The molecular weight excluding hydrogens is 534 g/mol. The van der Waals surface area contributed by atoms with Crippen molar-refractivity contribution in [2.75, 3.05) is 11.5 Å². The van der Waals surface area contributed by atoms with Crippen molar-refractivity contribution in [3.05, 3.63) is 93.4 Å². The number of fused-ring (bicyclic) bond motifs is 1. The molecule has 5 rings (SSSR count). The second kappa shape index (κ2) is 9.45. The summed E-state index contributed by atoms with van der Waals surface area (Å²) in [6.45, 7) is 2.38. The summed E-state index contributed by atoms with van der Waals surface area (Å²) in [7, 11) is 0. The maximum Gasteiger partial charge on any atom is 0.268 e. The quantitative estimate of drug-likeness (QED) is 0.460. The predicted octanol–water partition coefficient (Wildman–Crippen LogP) is 4.76. The van der Waals surface area contributed by atoms with E-state index < -0.39 is 29.8 Å². The second-order valence-electron chi connectivity index (χ2n) is 8.26. The molecule has 3 amide bonds. The molecule has 3 unspecified atom stereocenters.